The molecule has 1 amide bonds. The molecule has 1 saturated heterocycles. The SMILES string of the molecule is C=CS(=O)(=O)CC[C@H]1CCCN(C(=O)CNc2cc(Cl)c(Cl)cc2O)C1. The third-order valence-corrected chi connectivity index (χ3v) is 6.44. The molecule has 26 heavy (non-hydrogen) atoms. The van der Waals surface area contributed by atoms with Crippen LogP contribution in [0, 0.1) is 5.92 Å². The summed E-state index contributed by atoms with van der Waals surface area (Å²) in [6.07, 6.45) is 2.25. The van der Waals surface area contributed by atoms with Crippen molar-refractivity contribution in [2.75, 3.05) is 30.7 Å². The first-order valence-corrected chi connectivity index (χ1v) is 10.7. The Morgan fingerprint density at radius 3 is 2.77 bits per heavy atom. The maximum atomic E-state index is 12.4. The fraction of sp³-hybridized carbons (Fsp3) is 0.471. The van der Waals surface area contributed by atoms with Crippen LogP contribution >= 0.6 is 23.2 Å². The molecule has 6 nitrogen and oxygen atoms in total. The standard InChI is InChI=1S/C17H22Cl2N2O4S/c1-2-26(24,25)7-5-12-4-3-6-21(11-12)17(23)10-20-15-8-13(18)14(19)9-16(15)22/h2,8-9,12,20,22H,1,3-7,10-11H2/t12-/m1/s1. The highest BCUT2D eigenvalue weighted by Crippen LogP contribution is 2.33. The predicted molar refractivity (Wildman–Crippen MR) is 105 cm³/mol. The lowest BCUT2D eigenvalue weighted by atomic mass is 9.95. The smallest absolute Gasteiger partial charge is 0.241 e. The summed E-state index contributed by atoms with van der Waals surface area (Å²) in [6.45, 7) is 4.48. The Morgan fingerprint density at radius 1 is 1.38 bits per heavy atom. The zero-order valence-electron chi connectivity index (χ0n) is 14.2. The summed E-state index contributed by atoms with van der Waals surface area (Å²) >= 11 is 11.7. The first-order chi connectivity index (χ1) is 12.2. The van der Waals surface area contributed by atoms with Crippen LogP contribution in [0.15, 0.2) is 24.1 Å². The summed E-state index contributed by atoms with van der Waals surface area (Å²) in [5.74, 6) is 0.00407. The highest BCUT2D eigenvalue weighted by molar-refractivity contribution is 7.94. The average molecular weight is 421 g/mol. The molecule has 0 unspecified atom stereocenters. The number of benzene rings is 1. The number of aromatic hydroxyl groups is 1. The number of likely N-dealkylation sites (tertiary alicyclic amines) is 1. The van der Waals surface area contributed by atoms with Crippen molar-refractivity contribution < 1.29 is 18.3 Å². The molecular weight excluding hydrogens is 399 g/mol. The summed E-state index contributed by atoms with van der Waals surface area (Å²) in [5, 5.41) is 14.2. The van der Waals surface area contributed by atoms with Crippen molar-refractivity contribution >= 4 is 44.6 Å². The van der Waals surface area contributed by atoms with Crippen LogP contribution in [-0.4, -0.2) is 49.7 Å². The number of rotatable bonds is 7. The van der Waals surface area contributed by atoms with Crippen molar-refractivity contribution in [2.45, 2.75) is 19.3 Å². The Labute approximate surface area is 163 Å². The lowest BCUT2D eigenvalue weighted by molar-refractivity contribution is -0.131. The summed E-state index contributed by atoms with van der Waals surface area (Å²) in [5.41, 5.74) is 0.332. The molecule has 1 aromatic rings. The maximum Gasteiger partial charge on any atom is 0.241 e. The molecule has 1 atom stereocenters. The molecule has 9 heteroatoms. The van der Waals surface area contributed by atoms with Crippen molar-refractivity contribution in [3.05, 3.63) is 34.2 Å². The van der Waals surface area contributed by atoms with Gasteiger partial charge in [0.15, 0.2) is 9.84 Å². The third-order valence-electron chi connectivity index (χ3n) is 4.40. The molecular formula is C17H22Cl2N2O4S. The average Bonchev–Trinajstić information content (AvgIpc) is 2.62. The fourth-order valence-corrected chi connectivity index (χ4v) is 4.05. The molecule has 0 spiro atoms. The number of hydrogen-bond donors (Lipinski definition) is 2. The van der Waals surface area contributed by atoms with Crippen LogP contribution < -0.4 is 5.32 Å². The van der Waals surface area contributed by atoms with E-state index in [2.05, 4.69) is 11.9 Å². The molecule has 1 fully saturated rings. The van der Waals surface area contributed by atoms with Crippen LogP contribution in [0.25, 0.3) is 0 Å². The van der Waals surface area contributed by atoms with Crippen LogP contribution in [0.2, 0.25) is 10.0 Å². The van der Waals surface area contributed by atoms with Crippen LogP contribution in [-0.2, 0) is 14.6 Å². The molecule has 144 valence electrons. The van der Waals surface area contributed by atoms with Crippen LogP contribution in [0.4, 0.5) is 5.69 Å². The number of carbonyl (C=O) groups excluding carboxylic acids is 1. The zero-order valence-corrected chi connectivity index (χ0v) is 16.6. The summed E-state index contributed by atoms with van der Waals surface area (Å²) in [7, 11) is -3.22. The van der Waals surface area contributed by atoms with E-state index in [0.717, 1.165) is 18.2 Å². The number of carbonyl (C=O) groups is 1. The van der Waals surface area contributed by atoms with Gasteiger partial charge in [-0.05, 0) is 31.2 Å². The Balaban J connectivity index is 1.89. The number of nitrogens with one attached hydrogen (secondary N) is 1. The van der Waals surface area contributed by atoms with E-state index in [4.69, 9.17) is 23.2 Å². The first-order valence-electron chi connectivity index (χ1n) is 8.26. The monoisotopic (exact) mass is 420 g/mol. The van der Waals surface area contributed by atoms with Gasteiger partial charge in [0.1, 0.15) is 5.75 Å². The molecule has 2 rings (SSSR count). The lowest BCUT2D eigenvalue weighted by Crippen LogP contribution is -2.42. The number of sulfone groups is 1. The van der Waals surface area contributed by atoms with Crippen LogP contribution in [0.1, 0.15) is 19.3 Å². The third kappa shape index (κ3) is 5.79. The Morgan fingerprint density at radius 2 is 2.08 bits per heavy atom. The van der Waals surface area contributed by atoms with E-state index >= 15 is 0 Å². The number of nitrogens with zero attached hydrogens (tertiary/aromatic N) is 1. The van der Waals surface area contributed by atoms with E-state index < -0.39 is 9.84 Å². The van der Waals surface area contributed by atoms with Gasteiger partial charge in [-0.3, -0.25) is 4.79 Å². The summed E-state index contributed by atoms with van der Waals surface area (Å²) in [4.78, 5) is 14.1. The molecule has 0 aromatic heterocycles. The Hall–Kier alpha value is -1.44. The van der Waals surface area contributed by atoms with Gasteiger partial charge in [-0.1, -0.05) is 29.8 Å². The summed E-state index contributed by atoms with van der Waals surface area (Å²) in [6, 6.07) is 2.78. The molecule has 0 radical (unpaired) electrons. The first kappa shape index (κ1) is 20.9. The number of phenolic OH excluding ortho intramolecular Hbond substituents is 1. The van der Waals surface area contributed by atoms with Gasteiger partial charge in [0.05, 0.1) is 28.0 Å². The van der Waals surface area contributed by atoms with Gasteiger partial charge in [0.2, 0.25) is 5.91 Å². The lowest BCUT2D eigenvalue weighted by Gasteiger charge is -2.33. The normalized spacial score (nSPS) is 17.8. The number of hydrogen-bond acceptors (Lipinski definition) is 5. The van der Waals surface area contributed by atoms with Gasteiger partial charge in [-0.15, -0.1) is 0 Å². The minimum absolute atomic E-state index is 0.00317. The second-order valence-corrected chi connectivity index (χ2v) is 9.19. The van der Waals surface area contributed by atoms with Gasteiger partial charge < -0.3 is 15.3 Å². The predicted octanol–water partition coefficient (Wildman–Crippen LogP) is 3.30. The molecule has 1 heterocycles. The van der Waals surface area contributed by atoms with Crippen LogP contribution in [0.3, 0.4) is 0 Å². The maximum absolute atomic E-state index is 12.4. The van der Waals surface area contributed by atoms with E-state index in [1.165, 1.54) is 12.1 Å². The van der Waals surface area contributed by atoms with Crippen molar-refractivity contribution in [3.8, 4) is 5.75 Å². The van der Waals surface area contributed by atoms with Gasteiger partial charge in [-0.25, -0.2) is 8.42 Å². The topological polar surface area (TPSA) is 86.7 Å². The molecule has 0 saturated carbocycles. The molecule has 1 aliphatic heterocycles. The van der Waals surface area contributed by atoms with E-state index in [1.54, 1.807) is 4.90 Å². The molecule has 1 aromatic carbocycles. The minimum Gasteiger partial charge on any atom is -0.506 e. The van der Waals surface area contributed by atoms with Crippen molar-refractivity contribution in [2.24, 2.45) is 5.92 Å². The molecule has 2 N–H and O–H groups in total. The number of amides is 1. The van der Waals surface area contributed by atoms with Crippen molar-refractivity contribution in [1.82, 2.24) is 4.90 Å². The van der Waals surface area contributed by atoms with Gasteiger partial charge in [0.25, 0.3) is 0 Å². The zero-order chi connectivity index (χ0) is 19.3. The highest BCUT2D eigenvalue weighted by Gasteiger charge is 2.24. The quantitative estimate of drug-likeness (QED) is 0.660. The number of piperidine rings is 1. The number of halogens is 2. The van der Waals surface area contributed by atoms with Crippen LogP contribution in [0.5, 0.6) is 5.75 Å². The Bertz CT molecular complexity index is 783. The minimum atomic E-state index is -3.22. The largest absolute Gasteiger partial charge is 0.506 e. The fourth-order valence-electron chi connectivity index (χ4n) is 2.90. The Kier molecular flexibility index (Phi) is 7.20. The van der Waals surface area contributed by atoms with E-state index in [-0.39, 0.29) is 39.9 Å². The highest BCUT2D eigenvalue weighted by atomic mass is 35.5. The van der Waals surface area contributed by atoms with E-state index in [1.807, 2.05) is 0 Å². The summed E-state index contributed by atoms with van der Waals surface area (Å²) < 4.78 is 23.1. The number of anilines is 1. The van der Waals surface area contributed by atoms with Crippen molar-refractivity contribution in [1.29, 1.82) is 0 Å². The van der Waals surface area contributed by atoms with Gasteiger partial charge in [0, 0.05) is 24.6 Å². The second-order valence-electron chi connectivity index (χ2n) is 6.31. The van der Waals surface area contributed by atoms with E-state index in [9.17, 15) is 18.3 Å². The van der Waals surface area contributed by atoms with E-state index in [0.29, 0.717) is 25.2 Å². The number of phenols is 1. The van der Waals surface area contributed by atoms with Crippen molar-refractivity contribution in [3.63, 3.8) is 0 Å². The molecule has 1 aliphatic rings. The second kappa shape index (κ2) is 8.97. The van der Waals surface area contributed by atoms with Gasteiger partial charge >= 0.3 is 0 Å². The molecule has 0 aliphatic carbocycles. The molecule has 0 bridgehead atoms. The van der Waals surface area contributed by atoms with Gasteiger partial charge in [-0.2, -0.15) is 0 Å².